The summed E-state index contributed by atoms with van der Waals surface area (Å²) in [5.41, 5.74) is 2.09. The molecule has 1 N–H and O–H groups in total. The average molecular weight is 394 g/mol. The number of piperidine rings is 1. The Bertz CT molecular complexity index is 891. The quantitative estimate of drug-likeness (QED) is 0.697. The van der Waals surface area contributed by atoms with Crippen molar-refractivity contribution in [2.75, 3.05) is 18.0 Å². The Morgan fingerprint density at radius 3 is 2.61 bits per heavy atom. The van der Waals surface area contributed by atoms with Crippen molar-refractivity contribution in [3.8, 4) is 0 Å². The Morgan fingerprint density at radius 2 is 1.86 bits per heavy atom. The second kappa shape index (κ2) is 8.93. The highest BCUT2D eigenvalue weighted by Gasteiger charge is 2.22. The lowest BCUT2D eigenvalue weighted by atomic mass is 10.1. The van der Waals surface area contributed by atoms with Crippen molar-refractivity contribution in [2.24, 2.45) is 0 Å². The van der Waals surface area contributed by atoms with Gasteiger partial charge in [0.05, 0.1) is 17.1 Å². The van der Waals surface area contributed by atoms with Gasteiger partial charge in [-0.05, 0) is 24.5 Å². The zero-order valence-electron chi connectivity index (χ0n) is 15.6. The Kier molecular flexibility index (Phi) is 5.92. The maximum atomic E-state index is 12.4. The van der Waals surface area contributed by atoms with Gasteiger partial charge in [0, 0.05) is 43.3 Å². The van der Waals surface area contributed by atoms with Gasteiger partial charge < -0.3 is 10.2 Å². The molecule has 0 bridgehead atoms. The molecule has 4 rings (SSSR count). The molecule has 1 aliphatic rings. The molecule has 1 amide bonds. The molecule has 1 saturated heterocycles. The molecule has 0 atom stereocenters. The number of hydrogen-bond donors (Lipinski definition) is 1. The summed E-state index contributed by atoms with van der Waals surface area (Å²) >= 11 is 1.62. The molecule has 0 aliphatic carbocycles. The van der Waals surface area contributed by atoms with E-state index in [-0.39, 0.29) is 11.9 Å². The Balaban J connectivity index is 1.24. The number of nitrogens with one attached hydrogen (secondary N) is 1. The van der Waals surface area contributed by atoms with E-state index in [9.17, 15) is 4.79 Å². The van der Waals surface area contributed by atoms with E-state index in [1.807, 2.05) is 29.6 Å². The largest absolute Gasteiger partial charge is 0.353 e. The van der Waals surface area contributed by atoms with Crippen LogP contribution in [0.1, 0.15) is 29.1 Å². The minimum Gasteiger partial charge on any atom is -0.353 e. The second-order valence-electron chi connectivity index (χ2n) is 6.95. The number of carbonyl (C=O) groups is 1. The highest BCUT2D eigenvalue weighted by molar-refractivity contribution is 7.09. The Morgan fingerprint density at radius 1 is 1.11 bits per heavy atom. The first-order valence-corrected chi connectivity index (χ1v) is 10.4. The van der Waals surface area contributed by atoms with Crippen molar-refractivity contribution in [3.63, 3.8) is 0 Å². The molecule has 7 heteroatoms. The first kappa shape index (κ1) is 18.6. The maximum absolute atomic E-state index is 12.4. The molecular weight excluding hydrogens is 370 g/mol. The van der Waals surface area contributed by atoms with E-state index in [0.29, 0.717) is 6.42 Å². The molecular formula is C21H23N5OS. The first-order chi connectivity index (χ1) is 13.8. The lowest BCUT2D eigenvalue weighted by Crippen LogP contribution is -2.45. The normalized spacial score (nSPS) is 14.8. The number of carbonyl (C=O) groups excluding carboxylic acids is 1. The standard InChI is InChI=1S/C21H23N5OS/c27-19(14-18-15-28-20(25-18)13-16-5-2-1-3-6-16)24-17-7-11-26(12-8-17)21-22-9-4-10-23-21/h1-6,9-10,15,17H,7-8,11-14H2,(H,24,27). The van der Waals surface area contributed by atoms with E-state index < -0.39 is 0 Å². The molecule has 0 radical (unpaired) electrons. The van der Waals surface area contributed by atoms with Crippen LogP contribution in [-0.2, 0) is 17.6 Å². The van der Waals surface area contributed by atoms with E-state index in [2.05, 4.69) is 37.3 Å². The van der Waals surface area contributed by atoms with Gasteiger partial charge in [0.25, 0.3) is 0 Å². The number of rotatable bonds is 6. The fourth-order valence-corrected chi connectivity index (χ4v) is 4.23. The summed E-state index contributed by atoms with van der Waals surface area (Å²) in [6, 6.07) is 12.3. The third-order valence-corrected chi connectivity index (χ3v) is 5.73. The fourth-order valence-electron chi connectivity index (χ4n) is 3.40. The number of amides is 1. The van der Waals surface area contributed by atoms with Crippen molar-refractivity contribution < 1.29 is 4.79 Å². The molecule has 3 heterocycles. The third-order valence-electron chi connectivity index (χ3n) is 4.83. The lowest BCUT2D eigenvalue weighted by molar-refractivity contribution is -0.121. The van der Waals surface area contributed by atoms with Crippen LogP contribution < -0.4 is 10.2 Å². The summed E-state index contributed by atoms with van der Waals surface area (Å²) in [6.07, 6.45) is 6.48. The van der Waals surface area contributed by atoms with Gasteiger partial charge in [-0.3, -0.25) is 4.79 Å². The molecule has 3 aromatic rings. The number of aromatic nitrogens is 3. The van der Waals surface area contributed by atoms with E-state index in [4.69, 9.17) is 0 Å². The summed E-state index contributed by atoms with van der Waals surface area (Å²) in [6.45, 7) is 1.71. The maximum Gasteiger partial charge on any atom is 0.226 e. The lowest BCUT2D eigenvalue weighted by Gasteiger charge is -2.32. The summed E-state index contributed by atoms with van der Waals surface area (Å²) in [5.74, 6) is 0.812. The number of hydrogen-bond acceptors (Lipinski definition) is 6. The van der Waals surface area contributed by atoms with Crippen LogP contribution in [0.4, 0.5) is 5.95 Å². The van der Waals surface area contributed by atoms with Crippen molar-refractivity contribution in [1.82, 2.24) is 20.3 Å². The second-order valence-corrected chi connectivity index (χ2v) is 7.89. The first-order valence-electron chi connectivity index (χ1n) is 9.55. The summed E-state index contributed by atoms with van der Waals surface area (Å²) in [5, 5.41) is 6.20. The van der Waals surface area contributed by atoms with Crippen molar-refractivity contribution >= 4 is 23.2 Å². The Labute approximate surface area is 168 Å². The van der Waals surface area contributed by atoms with Gasteiger partial charge in [0.15, 0.2) is 0 Å². The predicted octanol–water partition coefficient (Wildman–Crippen LogP) is 2.85. The van der Waals surface area contributed by atoms with Crippen LogP contribution in [0.5, 0.6) is 0 Å². The number of anilines is 1. The number of nitrogens with zero attached hydrogens (tertiary/aromatic N) is 4. The monoisotopic (exact) mass is 393 g/mol. The zero-order chi connectivity index (χ0) is 19.2. The topological polar surface area (TPSA) is 71.0 Å². The van der Waals surface area contributed by atoms with Gasteiger partial charge in [0.2, 0.25) is 11.9 Å². The van der Waals surface area contributed by atoms with Crippen LogP contribution in [-0.4, -0.2) is 40.0 Å². The summed E-state index contributed by atoms with van der Waals surface area (Å²) < 4.78 is 0. The molecule has 144 valence electrons. The predicted molar refractivity (Wildman–Crippen MR) is 110 cm³/mol. The van der Waals surface area contributed by atoms with Crippen LogP contribution in [0.15, 0.2) is 54.2 Å². The molecule has 1 aromatic carbocycles. The summed E-state index contributed by atoms with van der Waals surface area (Å²) in [4.78, 5) is 27.8. The van der Waals surface area contributed by atoms with E-state index in [1.54, 1.807) is 23.7 Å². The molecule has 6 nitrogen and oxygen atoms in total. The van der Waals surface area contributed by atoms with E-state index in [0.717, 1.165) is 49.0 Å². The van der Waals surface area contributed by atoms with Crippen LogP contribution in [0.3, 0.4) is 0 Å². The fraction of sp³-hybridized carbons (Fsp3) is 0.333. The molecule has 28 heavy (non-hydrogen) atoms. The summed E-state index contributed by atoms with van der Waals surface area (Å²) in [7, 11) is 0. The van der Waals surface area contributed by atoms with Gasteiger partial charge in [0.1, 0.15) is 0 Å². The smallest absolute Gasteiger partial charge is 0.226 e. The average Bonchev–Trinajstić information content (AvgIpc) is 3.16. The van der Waals surface area contributed by atoms with Crippen molar-refractivity contribution in [1.29, 1.82) is 0 Å². The number of thiazole rings is 1. The SMILES string of the molecule is O=C(Cc1csc(Cc2ccccc2)n1)NC1CCN(c2ncccn2)CC1. The molecule has 0 saturated carbocycles. The minimum atomic E-state index is 0.0472. The molecule has 2 aromatic heterocycles. The number of benzene rings is 1. The van der Waals surface area contributed by atoms with Gasteiger partial charge >= 0.3 is 0 Å². The molecule has 1 fully saturated rings. The van der Waals surface area contributed by atoms with Gasteiger partial charge in [-0.25, -0.2) is 15.0 Å². The molecule has 0 unspecified atom stereocenters. The van der Waals surface area contributed by atoms with Crippen LogP contribution in [0.25, 0.3) is 0 Å². The zero-order valence-corrected chi connectivity index (χ0v) is 16.4. The van der Waals surface area contributed by atoms with Crippen molar-refractivity contribution in [2.45, 2.75) is 31.7 Å². The highest BCUT2D eigenvalue weighted by Crippen LogP contribution is 2.17. The minimum absolute atomic E-state index is 0.0472. The van der Waals surface area contributed by atoms with E-state index in [1.165, 1.54) is 5.56 Å². The van der Waals surface area contributed by atoms with Crippen molar-refractivity contribution in [3.05, 3.63) is 70.4 Å². The van der Waals surface area contributed by atoms with Crippen LogP contribution in [0, 0.1) is 0 Å². The highest BCUT2D eigenvalue weighted by atomic mass is 32.1. The van der Waals surface area contributed by atoms with Gasteiger partial charge in [-0.15, -0.1) is 11.3 Å². The van der Waals surface area contributed by atoms with Gasteiger partial charge in [-0.1, -0.05) is 30.3 Å². The molecule has 0 spiro atoms. The van der Waals surface area contributed by atoms with Crippen LogP contribution >= 0.6 is 11.3 Å². The van der Waals surface area contributed by atoms with Crippen LogP contribution in [0.2, 0.25) is 0 Å². The Hall–Kier alpha value is -2.80. The van der Waals surface area contributed by atoms with E-state index >= 15 is 0 Å². The third kappa shape index (κ3) is 4.92. The van der Waals surface area contributed by atoms with Gasteiger partial charge in [-0.2, -0.15) is 0 Å². The molecule has 1 aliphatic heterocycles.